The van der Waals surface area contributed by atoms with Crippen LogP contribution in [0.1, 0.15) is 23.1 Å². The van der Waals surface area contributed by atoms with E-state index in [0.717, 1.165) is 19.3 Å². The summed E-state index contributed by atoms with van der Waals surface area (Å²) in [6, 6.07) is 6.35. The molecule has 0 saturated heterocycles. The molecular formula is C12H17NO2S. The smallest absolute Gasteiger partial charge is 0.208 e. The van der Waals surface area contributed by atoms with Gasteiger partial charge in [0.05, 0.1) is 6.26 Å². The zero-order valence-corrected chi connectivity index (χ0v) is 10.5. The monoisotopic (exact) mass is 239 g/mol. The fourth-order valence-electron chi connectivity index (χ4n) is 2.37. The largest absolute Gasteiger partial charge is 0.213 e. The SMILES string of the molecule is Cc1cccc2c1CC(NS(C)(=O)=O)CC2. The van der Waals surface area contributed by atoms with E-state index < -0.39 is 10.0 Å². The van der Waals surface area contributed by atoms with Crippen LogP contribution in [-0.2, 0) is 22.9 Å². The predicted molar refractivity (Wildman–Crippen MR) is 65.0 cm³/mol. The van der Waals surface area contributed by atoms with E-state index >= 15 is 0 Å². The van der Waals surface area contributed by atoms with Crippen LogP contribution < -0.4 is 4.72 Å². The molecule has 1 aromatic rings. The van der Waals surface area contributed by atoms with Crippen molar-refractivity contribution in [2.45, 2.75) is 32.2 Å². The van der Waals surface area contributed by atoms with E-state index in [9.17, 15) is 8.42 Å². The minimum Gasteiger partial charge on any atom is -0.213 e. The number of sulfonamides is 1. The molecule has 88 valence electrons. The second kappa shape index (κ2) is 4.18. The van der Waals surface area contributed by atoms with Gasteiger partial charge in [-0.25, -0.2) is 13.1 Å². The molecule has 0 bridgehead atoms. The Kier molecular flexibility index (Phi) is 3.04. The minimum atomic E-state index is -3.09. The zero-order chi connectivity index (χ0) is 11.8. The summed E-state index contributed by atoms with van der Waals surface area (Å²) in [5, 5.41) is 0. The van der Waals surface area contributed by atoms with Crippen molar-refractivity contribution >= 4 is 10.0 Å². The van der Waals surface area contributed by atoms with Crippen LogP contribution in [0, 0.1) is 6.92 Å². The number of nitrogens with one attached hydrogen (secondary N) is 1. The van der Waals surface area contributed by atoms with Crippen LogP contribution in [0.5, 0.6) is 0 Å². The Bertz CT molecular complexity index is 494. The number of rotatable bonds is 2. The van der Waals surface area contributed by atoms with Crippen LogP contribution in [0.25, 0.3) is 0 Å². The first-order chi connectivity index (χ1) is 7.46. The molecule has 2 rings (SSSR count). The van der Waals surface area contributed by atoms with Crippen LogP contribution in [0.15, 0.2) is 18.2 Å². The first kappa shape index (κ1) is 11.6. The standard InChI is InChI=1S/C12H17NO2S/c1-9-4-3-5-10-6-7-11(8-12(9)10)13-16(2,14)15/h3-5,11,13H,6-8H2,1-2H3. The number of benzene rings is 1. The van der Waals surface area contributed by atoms with Crippen LogP contribution in [-0.4, -0.2) is 20.7 Å². The molecule has 0 radical (unpaired) electrons. The molecule has 1 N–H and O–H groups in total. The summed E-state index contributed by atoms with van der Waals surface area (Å²) in [5.41, 5.74) is 3.94. The van der Waals surface area contributed by atoms with Gasteiger partial charge in [-0.1, -0.05) is 18.2 Å². The van der Waals surface area contributed by atoms with Gasteiger partial charge < -0.3 is 0 Å². The lowest BCUT2D eigenvalue weighted by atomic mass is 9.86. The highest BCUT2D eigenvalue weighted by atomic mass is 32.2. The Morgan fingerprint density at radius 3 is 2.81 bits per heavy atom. The third kappa shape index (κ3) is 2.62. The number of fused-ring (bicyclic) bond motifs is 1. The third-order valence-electron chi connectivity index (χ3n) is 3.10. The summed E-state index contributed by atoms with van der Waals surface area (Å²) in [4.78, 5) is 0. The molecule has 0 heterocycles. The van der Waals surface area contributed by atoms with E-state index in [0.29, 0.717) is 0 Å². The van der Waals surface area contributed by atoms with E-state index in [-0.39, 0.29) is 6.04 Å². The van der Waals surface area contributed by atoms with Crippen LogP contribution in [0.3, 0.4) is 0 Å². The van der Waals surface area contributed by atoms with Gasteiger partial charge in [0.2, 0.25) is 10.0 Å². The molecule has 1 aromatic carbocycles. The van der Waals surface area contributed by atoms with Gasteiger partial charge in [0.15, 0.2) is 0 Å². The molecule has 0 amide bonds. The predicted octanol–water partition coefficient (Wildman–Crippen LogP) is 1.40. The lowest BCUT2D eigenvalue weighted by molar-refractivity contribution is 0.509. The molecule has 1 aliphatic carbocycles. The second-order valence-electron chi connectivity index (χ2n) is 4.54. The van der Waals surface area contributed by atoms with E-state index in [1.54, 1.807) is 0 Å². The maximum Gasteiger partial charge on any atom is 0.208 e. The molecule has 0 spiro atoms. The number of aryl methyl sites for hydroxylation is 2. The Morgan fingerprint density at radius 2 is 2.12 bits per heavy atom. The molecule has 0 aromatic heterocycles. The summed E-state index contributed by atoms with van der Waals surface area (Å²) in [6.45, 7) is 2.08. The summed E-state index contributed by atoms with van der Waals surface area (Å²) >= 11 is 0. The van der Waals surface area contributed by atoms with E-state index in [1.165, 1.54) is 22.9 Å². The Balaban J connectivity index is 2.20. The van der Waals surface area contributed by atoms with E-state index in [2.05, 4.69) is 29.8 Å². The van der Waals surface area contributed by atoms with E-state index in [4.69, 9.17) is 0 Å². The second-order valence-corrected chi connectivity index (χ2v) is 6.32. The maximum atomic E-state index is 11.2. The first-order valence-corrected chi connectivity index (χ1v) is 7.39. The zero-order valence-electron chi connectivity index (χ0n) is 9.66. The van der Waals surface area contributed by atoms with Crippen molar-refractivity contribution in [3.05, 3.63) is 34.9 Å². The van der Waals surface area contributed by atoms with Gasteiger partial charge in [-0.2, -0.15) is 0 Å². The maximum absolute atomic E-state index is 11.2. The highest BCUT2D eigenvalue weighted by Gasteiger charge is 2.21. The molecule has 1 aliphatic rings. The van der Waals surface area contributed by atoms with Crippen LogP contribution >= 0.6 is 0 Å². The third-order valence-corrected chi connectivity index (χ3v) is 3.86. The number of hydrogen-bond acceptors (Lipinski definition) is 2. The van der Waals surface area contributed by atoms with Crippen molar-refractivity contribution in [3.8, 4) is 0 Å². The van der Waals surface area contributed by atoms with Crippen molar-refractivity contribution < 1.29 is 8.42 Å². The first-order valence-electron chi connectivity index (χ1n) is 5.50. The number of hydrogen-bond donors (Lipinski definition) is 1. The molecule has 0 aliphatic heterocycles. The van der Waals surface area contributed by atoms with Crippen molar-refractivity contribution in [2.75, 3.05) is 6.26 Å². The van der Waals surface area contributed by atoms with E-state index in [1.807, 2.05) is 0 Å². The van der Waals surface area contributed by atoms with Gasteiger partial charge >= 0.3 is 0 Å². The van der Waals surface area contributed by atoms with Crippen molar-refractivity contribution in [3.63, 3.8) is 0 Å². The average molecular weight is 239 g/mol. The summed E-state index contributed by atoms with van der Waals surface area (Å²) < 4.78 is 25.1. The normalized spacial score (nSPS) is 20.5. The Labute approximate surface area is 96.9 Å². The highest BCUT2D eigenvalue weighted by Crippen LogP contribution is 2.24. The Hall–Kier alpha value is -0.870. The topological polar surface area (TPSA) is 46.2 Å². The van der Waals surface area contributed by atoms with Gasteiger partial charge in [-0.3, -0.25) is 0 Å². The fourth-order valence-corrected chi connectivity index (χ4v) is 3.18. The molecule has 1 atom stereocenters. The quantitative estimate of drug-likeness (QED) is 0.848. The van der Waals surface area contributed by atoms with Crippen molar-refractivity contribution in [2.24, 2.45) is 0 Å². The molecule has 1 unspecified atom stereocenters. The van der Waals surface area contributed by atoms with Gasteiger partial charge in [-0.15, -0.1) is 0 Å². The highest BCUT2D eigenvalue weighted by molar-refractivity contribution is 7.88. The molecule has 0 fully saturated rings. The van der Waals surface area contributed by atoms with Gasteiger partial charge in [-0.05, 0) is 42.9 Å². The van der Waals surface area contributed by atoms with Crippen LogP contribution in [0.2, 0.25) is 0 Å². The summed E-state index contributed by atoms with van der Waals surface area (Å²) in [6.07, 6.45) is 3.89. The van der Waals surface area contributed by atoms with Gasteiger partial charge in [0.1, 0.15) is 0 Å². The Morgan fingerprint density at radius 1 is 1.38 bits per heavy atom. The summed E-state index contributed by atoms with van der Waals surface area (Å²) in [7, 11) is -3.09. The lowest BCUT2D eigenvalue weighted by Gasteiger charge is -2.26. The molecule has 4 heteroatoms. The lowest BCUT2D eigenvalue weighted by Crippen LogP contribution is -2.38. The van der Waals surface area contributed by atoms with Gasteiger partial charge in [0.25, 0.3) is 0 Å². The molecular weight excluding hydrogens is 222 g/mol. The van der Waals surface area contributed by atoms with Crippen molar-refractivity contribution in [1.29, 1.82) is 0 Å². The molecule has 0 saturated carbocycles. The van der Waals surface area contributed by atoms with Crippen LogP contribution in [0.4, 0.5) is 0 Å². The average Bonchev–Trinajstić information content (AvgIpc) is 2.17. The summed E-state index contributed by atoms with van der Waals surface area (Å²) in [5.74, 6) is 0. The fraction of sp³-hybridized carbons (Fsp3) is 0.500. The van der Waals surface area contributed by atoms with Gasteiger partial charge in [0, 0.05) is 6.04 Å². The minimum absolute atomic E-state index is 0.0589. The molecule has 3 nitrogen and oxygen atoms in total. The van der Waals surface area contributed by atoms with Crippen molar-refractivity contribution in [1.82, 2.24) is 4.72 Å². The molecule has 16 heavy (non-hydrogen) atoms.